The van der Waals surface area contributed by atoms with Gasteiger partial charge in [-0.1, -0.05) is 33.6 Å². The van der Waals surface area contributed by atoms with E-state index < -0.39 is 35.4 Å². The van der Waals surface area contributed by atoms with Crippen LogP contribution in [0.3, 0.4) is 0 Å². The molecule has 13 heteroatoms. The van der Waals surface area contributed by atoms with E-state index in [0.717, 1.165) is 38.0 Å². The maximum absolute atomic E-state index is 13.8. The van der Waals surface area contributed by atoms with E-state index in [1.165, 1.54) is 11.1 Å². The number of aliphatic hydroxyl groups is 1. The molecule has 0 bridgehead atoms. The van der Waals surface area contributed by atoms with Crippen molar-refractivity contribution in [1.82, 2.24) is 30.4 Å². The van der Waals surface area contributed by atoms with Gasteiger partial charge in [-0.25, -0.2) is 0 Å². The standard InChI is InChI=1S/C35H48N8O5/c1-35(2,3)32(34(48)43-24-28(44)19-29(43)33(47)39-22-26-13-12-25(20-36)21-38-26)40-30(45)10-6-4-5-7-11-31(46)42-17-15-41(16-18-42)27-9-8-14-37-23-27/h8-9,12-14,21,23,28-29,32,44H,4-7,10-11,15-19,22,24H2,1-3H3,(H,39,47)(H,40,45)/t28-,29+,32-/m1/s1. The molecule has 2 aliphatic rings. The van der Waals surface area contributed by atoms with E-state index in [1.54, 1.807) is 18.3 Å². The van der Waals surface area contributed by atoms with E-state index in [1.807, 2.05) is 50.1 Å². The van der Waals surface area contributed by atoms with Gasteiger partial charge < -0.3 is 30.4 Å². The zero-order valence-electron chi connectivity index (χ0n) is 28.2. The Kier molecular flexibility index (Phi) is 12.9. The molecule has 2 aromatic rings. The van der Waals surface area contributed by atoms with Gasteiger partial charge in [-0.05, 0) is 42.5 Å². The van der Waals surface area contributed by atoms with E-state index in [0.29, 0.717) is 37.2 Å². The molecule has 48 heavy (non-hydrogen) atoms. The molecule has 2 fully saturated rings. The number of carbonyl (C=O) groups is 4. The minimum atomic E-state index is -0.889. The quantitative estimate of drug-likeness (QED) is 0.272. The molecule has 258 valence electrons. The van der Waals surface area contributed by atoms with Gasteiger partial charge >= 0.3 is 0 Å². The molecule has 0 radical (unpaired) electrons. The SMILES string of the molecule is CC(C)(C)[C@H](NC(=O)CCCCCCC(=O)N1CCN(c2cccnc2)CC1)C(=O)N1C[C@H](O)C[C@H]1C(=O)NCc1ccc(C#N)cn1. The number of rotatable bonds is 13. The van der Waals surface area contributed by atoms with Crippen LogP contribution in [0.25, 0.3) is 0 Å². The van der Waals surface area contributed by atoms with E-state index in [9.17, 15) is 24.3 Å². The number of anilines is 1. The molecule has 4 amide bonds. The van der Waals surface area contributed by atoms with Crippen molar-refractivity contribution in [3.05, 3.63) is 54.1 Å². The number of carbonyl (C=O) groups excluding carboxylic acids is 4. The molecule has 2 aliphatic heterocycles. The predicted octanol–water partition coefficient (Wildman–Crippen LogP) is 2.15. The Bertz CT molecular complexity index is 1430. The summed E-state index contributed by atoms with van der Waals surface area (Å²) in [7, 11) is 0. The van der Waals surface area contributed by atoms with Crippen LogP contribution in [0, 0.1) is 16.7 Å². The van der Waals surface area contributed by atoms with Gasteiger partial charge in [0.05, 0.1) is 35.8 Å². The summed E-state index contributed by atoms with van der Waals surface area (Å²) in [6.45, 7) is 8.61. The van der Waals surface area contributed by atoms with Crippen molar-refractivity contribution in [3.63, 3.8) is 0 Å². The number of piperazine rings is 1. The summed E-state index contributed by atoms with van der Waals surface area (Å²) in [5.41, 5.74) is 1.40. The van der Waals surface area contributed by atoms with Crippen molar-refractivity contribution in [3.8, 4) is 6.07 Å². The number of aromatic nitrogens is 2. The smallest absolute Gasteiger partial charge is 0.246 e. The molecule has 0 unspecified atom stereocenters. The fraction of sp³-hybridized carbons (Fsp3) is 0.571. The number of nitrogens with zero attached hydrogens (tertiary/aromatic N) is 6. The highest BCUT2D eigenvalue weighted by molar-refractivity contribution is 5.93. The van der Waals surface area contributed by atoms with Crippen molar-refractivity contribution in [2.45, 2.75) is 90.4 Å². The molecule has 0 aliphatic carbocycles. The number of pyridine rings is 2. The molecular weight excluding hydrogens is 612 g/mol. The maximum atomic E-state index is 13.8. The first-order valence-corrected chi connectivity index (χ1v) is 16.8. The lowest BCUT2D eigenvalue weighted by Gasteiger charge is -2.36. The largest absolute Gasteiger partial charge is 0.391 e. The monoisotopic (exact) mass is 660 g/mol. The summed E-state index contributed by atoms with van der Waals surface area (Å²) >= 11 is 0. The highest BCUT2D eigenvalue weighted by Gasteiger charge is 2.44. The normalized spacial score (nSPS) is 18.6. The molecule has 3 atom stereocenters. The Labute approximate surface area is 282 Å². The van der Waals surface area contributed by atoms with Gasteiger partial charge in [-0.15, -0.1) is 0 Å². The molecule has 2 saturated heterocycles. The lowest BCUT2D eigenvalue weighted by Crippen LogP contribution is -2.57. The van der Waals surface area contributed by atoms with Crippen LogP contribution in [0.15, 0.2) is 42.9 Å². The van der Waals surface area contributed by atoms with Crippen LogP contribution >= 0.6 is 0 Å². The predicted molar refractivity (Wildman–Crippen MR) is 179 cm³/mol. The molecular formula is C35H48N8O5. The summed E-state index contributed by atoms with van der Waals surface area (Å²) in [6.07, 6.45) is 7.98. The number of aliphatic hydroxyl groups excluding tert-OH is 1. The molecule has 0 saturated carbocycles. The second-order valence-corrected chi connectivity index (χ2v) is 13.6. The van der Waals surface area contributed by atoms with Gasteiger partial charge in [0, 0.05) is 64.4 Å². The van der Waals surface area contributed by atoms with Crippen LogP contribution in [0.5, 0.6) is 0 Å². The third kappa shape index (κ3) is 10.2. The number of hydrogen-bond donors (Lipinski definition) is 3. The highest BCUT2D eigenvalue weighted by Crippen LogP contribution is 2.26. The number of nitriles is 1. The van der Waals surface area contributed by atoms with Crippen molar-refractivity contribution in [1.29, 1.82) is 5.26 Å². The summed E-state index contributed by atoms with van der Waals surface area (Å²) in [5, 5.41) is 25.0. The van der Waals surface area contributed by atoms with Crippen LogP contribution in [-0.4, -0.2) is 99.4 Å². The van der Waals surface area contributed by atoms with Crippen LogP contribution in [-0.2, 0) is 25.7 Å². The highest BCUT2D eigenvalue weighted by atomic mass is 16.3. The van der Waals surface area contributed by atoms with Crippen LogP contribution in [0.2, 0.25) is 0 Å². The van der Waals surface area contributed by atoms with Gasteiger partial charge in [0.2, 0.25) is 23.6 Å². The Balaban J connectivity index is 1.18. The maximum Gasteiger partial charge on any atom is 0.246 e. The summed E-state index contributed by atoms with van der Waals surface area (Å²) in [5.74, 6) is -0.923. The molecule has 4 rings (SSSR count). The molecule has 4 heterocycles. The molecule has 0 spiro atoms. The third-order valence-electron chi connectivity index (χ3n) is 8.87. The lowest BCUT2D eigenvalue weighted by atomic mass is 9.85. The van der Waals surface area contributed by atoms with Crippen molar-refractivity contribution < 1.29 is 24.3 Å². The second kappa shape index (κ2) is 17.0. The van der Waals surface area contributed by atoms with Crippen LogP contribution in [0.1, 0.15) is 77.0 Å². The Morgan fingerprint density at radius 3 is 2.38 bits per heavy atom. The zero-order chi connectivity index (χ0) is 34.7. The van der Waals surface area contributed by atoms with Crippen LogP contribution in [0.4, 0.5) is 5.69 Å². The first-order chi connectivity index (χ1) is 23.0. The van der Waals surface area contributed by atoms with Gasteiger partial charge in [-0.2, -0.15) is 5.26 Å². The average Bonchev–Trinajstić information content (AvgIpc) is 3.49. The number of likely N-dealkylation sites (tertiary alicyclic amines) is 1. The third-order valence-corrected chi connectivity index (χ3v) is 8.87. The first-order valence-electron chi connectivity index (χ1n) is 16.8. The first kappa shape index (κ1) is 36.3. The molecule has 0 aromatic carbocycles. The lowest BCUT2D eigenvalue weighted by molar-refractivity contribution is -0.144. The minimum absolute atomic E-state index is 0.00655. The number of amides is 4. The van der Waals surface area contributed by atoms with E-state index in [-0.39, 0.29) is 37.7 Å². The topological polar surface area (TPSA) is 172 Å². The van der Waals surface area contributed by atoms with Crippen molar-refractivity contribution in [2.24, 2.45) is 5.41 Å². The molecule has 2 aromatic heterocycles. The second-order valence-electron chi connectivity index (χ2n) is 13.6. The number of unbranched alkanes of at least 4 members (excludes halogenated alkanes) is 3. The summed E-state index contributed by atoms with van der Waals surface area (Å²) < 4.78 is 0. The van der Waals surface area contributed by atoms with E-state index >= 15 is 0 Å². The van der Waals surface area contributed by atoms with Crippen molar-refractivity contribution >= 4 is 29.3 Å². The molecule has 3 N–H and O–H groups in total. The Morgan fingerprint density at radius 1 is 1.02 bits per heavy atom. The minimum Gasteiger partial charge on any atom is -0.391 e. The Morgan fingerprint density at radius 2 is 1.75 bits per heavy atom. The fourth-order valence-corrected chi connectivity index (χ4v) is 6.07. The fourth-order valence-electron chi connectivity index (χ4n) is 6.07. The zero-order valence-corrected chi connectivity index (χ0v) is 28.2. The molecule has 13 nitrogen and oxygen atoms in total. The van der Waals surface area contributed by atoms with Gasteiger partial charge in [0.15, 0.2) is 0 Å². The number of hydrogen-bond acceptors (Lipinski definition) is 9. The van der Waals surface area contributed by atoms with E-state index in [2.05, 4.69) is 25.5 Å². The Hall–Kier alpha value is -4.57. The number of nitrogens with one attached hydrogen (secondary N) is 2. The van der Waals surface area contributed by atoms with Gasteiger partial charge in [0.1, 0.15) is 18.2 Å². The van der Waals surface area contributed by atoms with Gasteiger partial charge in [-0.3, -0.25) is 29.1 Å². The summed E-state index contributed by atoms with van der Waals surface area (Å²) in [6, 6.07) is 7.41. The average molecular weight is 661 g/mol. The van der Waals surface area contributed by atoms with E-state index in [4.69, 9.17) is 5.26 Å². The van der Waals surface area contributed by atoms with Gasteiger partial charge in [0.25, 0.3) is 0 Å². The van der Waals surface area contributed by atoms with Crippen molar-refractivity contribution in [2.75, 3.05) is 37.6 Å². The van der Waals surface area contributed by atoms with Crippen LogP contribution < -0.4 is 15.5 Å². The number of β-amino-alcohol motifs (C(OH)–C–C–N with tert-alkyl or cyclic N) is 1. The summed E-state index contributed by atoms with van der Waals surface area (Å²) in [4.78, 5) is 66.4.